The van der Waals surface area contributed by atoms with Crippen LogP contribution in [0.3, 0.4) is 0 Å². The Balaban J connectivity index is 0.000000585. The lowest BCUT2D eigenvalue weighted by molar-refractivity contribution is -0.192. The molecule has 0 aliphatic heterocycles. The average Bonchev–Trinajstić information content (AvgIpc) is 2.43. The van der Waals surface area contributed by atoms with E-state index in [9.17, 15) is 21.6 Å². The number of nitrogens with two attached hydrogens (primary N) is 2. The number of alkyl halides is 3. The molecule has 0 aromatic heterocycles. The van der Waals surface area contributed by atoms with Crippen molar-refractivity contribution in [1.82, 2.24) is 0 Å². The Kier molecular flexibility index (Phi) is 8.58. The Hall–Kier alpha value is -1.85. The summed E-state index contributed by atoms with van der Waals surface area (Å²) < 4.78 is 59.1. The van der Waals surface area contributed by atoms with Crippen LogP contribution in [-0.4, -0.2) is 38.8 Å². The highest BCUT2D eigenvalue weighted by molar-refractivity contribution is 7.89. The molecule has 0 heterocycles. The van der Waals surface area contributed by atoms with Gasteiger partial charge < -0.3 is 15.6 Å². The topological polar surface area (TPSA) is 133 Å². The minimum absolute atomic E-state index is 0.0850. The minimum Gasteiger partial charge on any atom is -0.494 e. The Labute approximate surface area is 131 Å². The zero-order chi connectivity index (χ0) is 18.1. The number of carbonyl (C=O) groups is 1. The minimum atomic E-state index is -5.08. The normalized spacial score (nSPS) is 11.3. The van der Waals surface area contributed by atoms with E-state index in [0.29, 0.717) is 18.9 Å². The van der Waals surface area contributed by atoms with E-state index in [4.69, 9.17) is 25.5 Å². The van der Waals surface area contributed by atoms with Crippen molar-refractivity contribution in [1.29, 1.82) is 0 Å². The molecule has 132 valence electrons. The van der Waals surface area contributed by atoms with E-state index in [0.717, 1.165) is 12.8 Å². The quantitative estimate of drug-likeness (QED) is 0.652. The van der Waals surface area contributed by atoms with Crippen molar-refractivity contribution in [2.75, 3.05) is 13.2 Å². The van der Waals surface area contributed by atoms with Crippen LogP contribution in [0.15, 0.2) is 29.2 Å². The summed E-state index contributed by atoms with van der Waals surface area (Å²) in [5, 5.41) is 12.1. The van der Waals surface area contributed by atoms with Crippen LogP contribution in [0.4, 0.5) is 13.2 Å². The van der Waals surface area contributed by atoms with Gasteiger partial charge in [0, 0.05) is 0 Å². The van der Waals surface area contributed by atoms with Gasteiger partial charge in [0.1, 0.15) is 5.75 Å². The van der Waals surface area contributed by atoms with Gasteiger partial charge in [0.25, 0.3) is 0 Å². The second kappa shape index (κ2) is 9.33. The van der Waals surface area contributed by atoms with E-state index in [1.165, 1.54) is 12.1 Å². The third kappa shape index (κ3) is 9.71. The second-order valence-electron chi connectivity index (χ2n) is 4.16. The first-order valence-corrected chi connectivity index (χ1v) is 7.79. The van der Waals surface area contributed by atoms with Crippen molar-refractivity contribution in [3.05, 3.63) is 24.3 Å². The Morgan fingerprint density at radius 3 is 2.00 bits per heavy atom. The molecule has 1 rings (SSSR count). The van der Waals surface area contributed by atoms with Gasteiger partial charge >= 0.3 is 12.1 Å². The first kappa shape index (κ1) is 21.1. The van der Waals surface area contributed by atoms with Crippen LogP contribution in [-0.2, 0) is 14.8 Å². The van der Waals surface area contributed by atoms with Gasteiger partial charge in [-0.25, -0.2) is 18.4 Å². The SMILES string of the molecule is NCCCCOc1ccc(S(N)(=O)=O)cc1.O=C(O)C(F)(F)F. The van der Waals surface area contributed by atoms with Crippen LogP contribution in [0, 0.1) is 0 Å². The van der Waals surface area contributed by atoms with Crippen LogP contribution >= 0.6 is 0 Å². The second-order valence-corrected chi connectivity index (χ2v) is 5.72. The summed E-state index contributed by atoms with van der Waals surface area (Å²) in [5.41, 5.74) is 5.34. The number of unbranched alkanes of at least 4 members (excludes halogenated alkanes) is 1. The molecule has 7 nitrogen and oxygen atoms in total. The number of hydrogen-bond donors (Lipinski definition) is 3. The molecule has 0 aliphatic rings. The number of carboxylic acid groups (broad SMARTS) is 1. The van der Waals surface area contributed by atoms with Gasteiger partial charge in [-0.05, 0) is 43.7 Å². The predicted molar refractivity (Wildman–Crippen MR) is 75.3 cm³/mol. The van der Waals surface area contributed by atoms with E-state index in [2.05, 4.69) is 0 Å². The molecule has 0 atom stereocenters. The molecule has 11 heteroatoms. The number of halogens is 3. The van der Waals surface area contributed by atoms with Gasteiger partial charge in [0.2, 0.25) is 10.0 Å². The largest absolute Gasteiger partial charge is 0.494 e. The maximum atomic E-state index is 11.0. The number of aliphatic carboxylic acids is 1. The van der Waals surface area contributed by atoms with Crippen LogP contribution in [0.25, 0.3) is 0 Å². The Morgan fingerprint density at radius 1 is 1.17 bits per heavy atom. The molecular weight excluding hydrogens is 341 g/mol. The van der Waals surface area contributed by atoms with Gasteiger partial charge in [-0.1, -0.05) is 0 Å². The molecule has 1 aromatic rings. The zero-order valence-electron chi connectivity index (χ0n) is 11.9. The number of benzene rings is 1. The van der Waals surface area contributed by atoms with Gasteiger partial charge in [-0.15, -0.1) is 0 Å². The molecule has 0 bridgehead atoms. The van der Waals surface area contributed by atoms with E-state index in [1.807, 2.05) is 0 Å². The number of primary sulfonamides is 1. The first-order valence-electron chi connectivity index (χ1n) is 6.24. The summed E-state index contributed by atoms with van der Waals surface area (Å²) in [6.45, 7) is 1.22. The van der Waals surface area contributed by atoms with Crippen LogP contribution < -0.4 is 15.6 Å². The van der Waals surface area contributed by atoms with E-state index in [-0.39, 0.29) is 4.90 Å². The summed E-state index contributed by atoms with van der Waals surface area (Å²) >= 11 is 0. The average molecular weight is 358 g/mol. The van der Waals surface area contributed by atoms with Gasteiger partial charge in [-0.3, -0.25) is 0 Å². The molecule has 0 saturated carbocycles. The number of hydrogen-bond acceptors (Lipinski definition) is 5. The lowest BCUT2D eigenvalue weighted by atomic mass is 10.3. The first-order chi connectivity index (χ1) is 10.5. The number of sulfonamides is 1. The Bertz CT molecular complexity index is 588. The molecule has 23 heavy (non-hydrogen) atoms. The number of rotatable bonds is 6. The van der Waals surface area contributed by atoms with Crippen LogP contribution in [0.1, 0.15) is 12.8 Å². The fraction of sp³-hybridized carbons (Fsp3) is 0.417. The van der Waals surface area contributed by atoms with Crippen LogP contribution in [0.2, 0.25) is 0 Å². The predicted octanol–water partition coefficient (Wildman–Crippen LogP) is 1.09. The third-order valence-corrected chi connectivity index (χ3v) is 3.19. The third-order valence-electron chi connectivity index (χ3n) is 2.26. The van der Waals surface area contributed by atoms with E-state index >= 15 is 0 Å². The van der Waals surface area contributed by atoms with E-state index < -0.39 is 22.2 Å². The van der Waals surface area contributed by atoms with Gasteiger partial charge in [-0.2, -0.15) is 13.2 Å². The fourth-order valence-electron chi connectivity index (χ4n) is 1.16. The molecule has 0 unspecified atom stereocenters. The molecule has 0 spiro atoms. The van der Waals surface area contributed by atoms with Crippen molar-refractivity contribution in [2.24, 2.45) is 10.9 Å². The lowest BCUT2D eigenvalue weighted by Crippen LogP contribution is -2.21. The molecule has 5 N–H and O–H groups in total. The number of ether oxygens (including phenoxy) is 1. The fourth-order valence-corrected chi connectivity index (χ4v) is 1.68. The van der Waals surface area contributed by atoms with Crippen molar-refractivity contribution in [2.45, 2.75) is 23.9 Å². The van der Waals surface area contributed by atoms with E-state index in [1.54, 1.807) is 12.1 Å². The highest BCUT2D eigenvalue weighted by atomic mass is 32.2. The van der Waals surface area contributed by atoms with Crippen molar-refractivity contribution >= 4 is 16.0 Å². The van der Waals surface area contributed by atoms with Crippen molar-refractivity contribution in [3.8, 4) is 5.75 Å². The monoisotopic (exact) mass is 358 g/mol. The summed E-state index contributed by atoms with van der Waals surface area (Å²) in [7, 11) is -3.62. The lowest BCUT2D eigenvalue weighted by Gasteiger charge is -2.05. The summed E-state index contributed by atoms with van der Waals surface area (Å²) in [4.78, 5) is 8.98. The summed E-state index contributed by atoms with van der Waals surface area (Å²) in [6, 6.07) is 6.02. The molecule has 0 saturated heterocycles. The number of carboxylic acids is 1. The molecular formula is C12H17F3N2O5S. The zero-order valence-corrected chi connectivity index (χ0v) is 12.7. The van der Waals surface area contributed by atoms with Crippen LogP contribution in [0.5, 0.6) is 5.75 Å². The summed E-state index contributed by atoms with van der Waals surface area (Å²) in [6.07, 6.45) is -3.29. The van der Waals surface area contributed by atoms with Gasteiger partial charge in [0.15, 0.2) is 0 Å². The maximum absolute atomic E-state index is 11.0. The molecule has 1 aromatic carbocycles. The Morgan fingerprint density at radius 2 is 1.65 bits per heavy atom. The smallest absolute Gasteiger partial charge is 0.490 e. The molecule has 0 fully saturated rings. The van der Waals surface area contributed by atoms with Gasteiger partial charge in [0.05, 0.1) is 11.5 Å². The molecule has 0 amide bonds. The van der Waals surface area contributed by atoms with Crippen molar-refractivity contribution in [3.63, 3.8) is 0 Å². The molecule has 0 aliphatic carbocycles. The highest BCUT2D eigenvalue weighted by Gasteiger charge is 2.38. The highest BCUT2D eigenvalue weighted by Crippen LogP contribution is 2.15. The standard InChI is InChI=1S/C10H16N2O3S.C2HF3O2/c11-7-1-2-8-15-9-3-5-10(6-4-9)16(12,13)14;3-2(4,5)1(6)7/h3-6H,1-2,7-8,11H2,(H2,12,13,14);(H,6,7). The van der Waals surface area contributed by atoms with Crippen molar-refractivity contribution < 1.29 is 36.2 Å². The summed E-state index contributed by atoms with van der Waals surface area (Å²) in [5.74, 6) is -2.13. The molecule has 0 radical (unpaired) electrons. The maximum Gasteiger partial charge on any atom is 0.490 e.